The van der Waals surface area contributed by atoms with E-state index in [2.05, 4.69) is 20.1 Å². The molecule has 0 amide bonds. The van der Waals surface area contributed by atoms with Crippen LogP contribution in [0.5, 0.6) is 0 Å². The number of rotatable bonds is 4. The molecule has 0 saturated heterocycles. The van der Waals surface area contributed by atoms with Crippen LogP contribution in [0.3, 0.4) is 0 Å². The van der Waals surface area contributed by atoms with Gasteiger partial charge < -0.3 is 4.52 Å². The average Bonchev–Trinajstić information content (AvgIpc) is 3.06. The third kappa shape index (κ3) is 2.60. The lowest BCUT2D eigenvalue weighted by Gasteiger charge is -2.03. The van der Waals surface area contributed by atoms with Crippen molar-refractivity contribution in [2.75, 3.05) is 4.72 Å². The minimum Gasteiger partial charge on any atom is -0.360 e. The number of aryl methyl sites for hydroxylation is 2. The summed E-state index contributed by atoms with van der Waals surface area (Å²) in [6.07, 6.45) is 0. The summed E-state index contributed by atoms with van der Waals surface area (Å²) in [7, 11) is -3.79. The number of nitrogens with one attached hydrogen (secondary N) is 2. The number of benzene rings is 1. The van der Waals surface area contributed by atoms with Gasteiger partial charge in [0.2, 0.25) is 0 Å². The molecule has 0 fully saturated rings. The quantitative estimate of drug-likeness (QED) is 0.769. The Labute approximate surface area is 127 Å². The Bertz CT molecular complexity index is 878. The highest BCUT2D eigenvalue weighted by Crippen LogP contribution is 2.24. The lowest BCUT2D eigenvalue weighted by atomic mass is 10.2. The first-order chi connectivity index (χ1) is 10.5. The molecule has 2 heterocycles. The predicted octanol–water partition coefficient (Wildman–Crippen LogP) is 2.48. The second-order valence-corrected chi connectivity index (χ2v) is 6.41. The van der Waals surface area contributed by atoms with Crippen molar-refractivity contribution in [2.24, 2.45) is 0 Å². The van der Waals surface area contributed by atoms with Gasteiger partial charge in [0.25, 0.3) is 10.0 Å². The zero-order valence-corrected chi connectivity index (χ0v) is 12.8. The fraction of sp³-hybridized carbons (Fsp3) is 0.143. The lowest BCUT2D eigenvalue weighted by Crippen LogP contribution is -2.14. The van der Waals surface area contributed by atoms with Crippen LogP contribution in [0.1, 0.15) is 11.5 Å². The molecular weight excluding hydrogens is 304 g/mol. The van der Waals surface area contributed by atoms with E-state index in [0.29, 0.717) is 5.69 Å². The Hall–Kier alpha value is -2.61. The van der Waals surface area contributed by atoms with Gasteiger partial charge in [-0.05, 0) is 19.4 Å². The number of sulfonamides is 1. The van der Waals surface area contributed by atoms with E-state index in [4.69, 9.17) is 4.52 Å². The van der Waals surface area contributed by atoms with E-state index in [1.807, 2.05) is 30.3 Å². The van der Waals surface area contributed by atoms with Gasteiger partial charge in [-0.1, -0.05) is 35.5 Å². The summed E-state index contributed by atoms with van der Waals surface area (Å²) in [6.45, 7) is 3.12. The van der Waals surface area contributed by atoms with E-state index >= 15 is 0 Å². The third-order valence-electron chi connectivity index (χ3n) is 3.14. The van der Waals surface area contributed by atoms with E-state index in [1.165, 1.54) is 0 Å². The van der Waals surface area contributed by atoms with Crippen molar-refractivity contribution in [1.29, 1.82) is 0 Å². The van der Waals surface area contributed by atoms with Crippen LogP contribution in [0, 0.1) is 13.8 Å². The summed E-state index contributed by atoms with van der Waals surface area (Å²) >= 11 is 0. The van der Waals surface area contributed by atoms with Gasteiger partial charge in [0.1, 0.15) is 5.69 Å². The number of aromatic amines is 1. The number of aromatic nitrogens is 3. The molecule has 0 atom stereocenters. The second-order valence-electron chi connectivity index (χ2n) is 4.79. The van der Waals surface area contributed by atoms with Crippen LogP contribution in [-0.4, -0.2) is 23.8 Å². The Morgan fingerprint density at radius 2 is 1.91 bits per heavy atom. The van der Waals surface area contributed by atoms with Crippen molar-refractivity contribution in [1.82, 2.24) is 15.4 Å². The number of hydrogen-bond acceptors (Lipinski definition) is 5. The summed E-state index contributed by atoms with van der Waals surface area (Å²) in [5.74, 6) is 0.447. The van der Waals surface area contributed by atoms with Crippen molar-refractivity contribution in [2.45, 2.75) is 18.7 Å². The first-order valence-electron chi connectivity index (χ1n) is 6.54. The van der Waals surface area contributed by atoms with Gasteiger partial charge in [-0.15, -0.1) is 0 Å². The van der Waals surface area contributed by atoms with Crippen LogP contribution in [0.25, 0.3) is 11.3 Å². The van der Waals surface area contributed by atoms with Gasteiger partial charge in [0.05, 0.1) is 5.69 Å². The molecule has 8 heteroatoms. The molecule has 22 heavy (non-hydrogen) atoms. The van der Waals surface area contributed by atoms with Crippen molar-refractivity contribution in [3.8, 4) is 11.3 Å². The smallest absolute Gasteiger partial charge is 0.268 e. The second kappa shape index (κ2) is 5.30. The largest absolute Gasteiger partial charge is 0.360 e. The number of hydrogen-bond donors (Lipinski definition) is 2. The van der Waals surface area contributed by atoms with Crippen molar-refractivity contribution < 1.29 is 12.9 Å². The zero-order chi connectivity index (χ0) is 15.7. The van der Waals surface area contributed by atoms with Crippen LogP contribution in [0.2, 0.25) is 0 Å². The van der Waals surface area contributed by atoms with Crippen LogP contribution in [0.15, 0.2) is 45.8 Å². The molecule has 0 radical (unpaired) electrons. The Morgan fingerprint density at radius 3 is 2.55 bits per heavy atom. The molecule has 3 aromatic rings. The maximum absolute atomic E-state index is 12.4. The molecular formula is C14H14N4O3S. The SMILES string of the molecule is Cc1noc(C)c1S(=O)(=O)Nc1cc(-c2ccccc2)[nH]n1. The molecule has 0 aliphatic carbocycles. The number of anilines is 1. The normalized spacial score (nSPS) is 11.5. The topological polar surface area (TPSA) is 101 Å². The van der Waals surface area contributed by atoms with E-state index in [0.717, 1.165) is 11.3 Å². The van der Waals surface area contributed by atoms with Gasteiger partial charge in [-0.3, -0.25) is 9.82 Å². The molecule has 3 rings (SSSR count). The molecule has 0 unspecified atom stereocenters. The zero-order valence-electron chi connectivity index (χ0n) is 12.0. The Balaban J connectivity index is 1.90. The first-order valence-corrected chi connectivity index (χ1v) is 8.02. The van der Waals surface area contributed by atoms with Crippen LogP contribution >= 0.6 is 0 Å². The maximum atomic E-state index is 12.4. The van der Waals surface area contributed by atoms with Gasteiger partial charge in [0, 0.05) is 6.07 Å². The summed E-state index contributed by atoms with van der Waals surface area (Å²) in [5, 5.41) is 10.4. The minimum absolute atomic E-state index is 0.0387. The van der Waals surface area contributed by atoms with Crippen LogP contribution in [-0.2, 0) is 10.0 Å². The fourth-order valence-electron chi connectivity index (χ4n) is 2.19. The lowest BCUT2D eigenvalue weighted by molar-refractivity contribution is 0.390. The molecule has 7 nitrogen and oxygen atoms in total. The summed E-state index contributed by atoms with van der Waals surface area (Å²) in [4.78, 5) is 0.0387. The molecule has 2 N–H and O–H groups in total. The molecule has 0 bridgehead atoms. The molecule has 0 spiro atoms. The Morgan fingerprint density at radius 1 is 1.18 bits per heavy atom. The van der Waals surface area contributed by atoms with Crippen molar-refractivity contribution >= 4 is 15.8 Å². The summed E-state index contributed by atoms with van der Waals surface area (Å²) in [5.41, 5.74) is 1.94. The Kier molecular flexibility index (Phi) is 3.45. The van der Waals surface area contributed by atoms with E-state index in [-0.39, 0.29) is 16.5 Å². The third-order valence-corrected chi connectivity index (χ3v) is 4.74. The highest BCUT2D eigenvalue weighted by Gasteiger charge is 2.25. The highest BCUT2D eigenvalue weighted by molar-refractivity contribution is 7.92. The monoisotopic (exact) mass is 318 g/mol. The van der Waals surface area contributed by atoms with E-state index in [9.17, 15) is 8.42 Å². The minimum atomic E-state index is -3.79. The van der Waals surface area contributed by atoms with Crippen LogP contribution < -0.4 is 4.72 Å². The van der Waals surface area contributed by atoms with Gasteiger partial charge in [0.15, 0.2) is 16.5 Å². The summed E-state index contributed by atoms with van der Waals surface area (Å²) < 4.78 is 32.1. The molecule has 1 aromatic carbocycles. The number of nitrogens with zero attached hydrogens (tertiary/aromatic N) is 2. The first kappa shape index (κ1) is 14.3. The molecule has 114 valence electrons. The molecule has 0 aliphatic heterocycles. The molecule has 0 aliphatic rings. The standard InChI is InChI=1S/C14H14N4O3S/c1-9-14(10(2)21-17-9)22(19,20)18-13-8-12(15-16-13)11-6-4-3-5-7-11/h3-8H,1-2H3,(H2,15,16,18). The van der Waals surface area contributed by atoms with Crippen molar-refractivity contribution in [3.63, 3.8) is 0 Å². The summed E-state index contributed by atoms with van der Waals surface area (Å²) in [6, 6.07) is 11.1. The van der Waals surface area contributed by atoms with Crippen molar-refractivity contribution in [3.05, 3.63) is 47.9 Å². The fourth-order valence-corrected chi connectivity index (χ4v) is 3.51. The number of H-pyrrole nitrogens is 1. The van der Waals surface area contributed by atoms with Crippen LogP contribution in [0.4, 0.5) is 5.82 Å². The van der Waals surface area contributed by atoms with Gasteiger partial charge in [-0.2, -0.15) is 5.10 Å². The molecule has 0 saturated carbocycles. The van der Waals surface area contributed by atoms with E-state index < -0.39 is 10.0 Å². The highest BCUT2D eigenvalue weighted by atomic mass is 32.2. The van der Waals surface area contributed by atoms with Gasteiger partial charge >= 0.3 is 0 Å². The molecule has 2 aromatic heterocycles. The van der Waals surface area contributed by atoms with Gasteiger partial charge in [-0.25, -0.2) is 8.42 Å². The average molecular weight is 318 g/mol. The maximum Gasteiger partial charge on any atom is 0.268 e. The predicted molar refractivity (Wildman–Crippen MR) is 80.8 cm³/mol. The van der Waals surface area contributed by atoms with E-state index in [1.54, 1.807) is 19.9 Å².